The fourth-order valence-corrected chi connectivity index (χ4v) is 3.93. The SMILES string of the molecule is COCc1ccc(C2CCCN2C(=O)NCc2nc(C)sc2C)o1. The van der Waals surface area contributed by atoms with Gasteiger partial charge in [-0.15, -0.1) is 11.3 Å². The molecule has 130 valence electrons. The average Bonchev–Trinajstić information content (AvgIpc) is 3.25. The summed E-state index contributed by atoms with van der Waals surface area (Å²) in [7, 11) is 1.64. The highest BCUT2D eigenvalue weighted by Crippen LogP contribution is 2.33. The number of carbonyl (C=O) groups excluding carboxylic acids is 1. The van der Waals surface area contributed by atoms with E-state index in [0.29, 0.717) is 13.2 Å². The number of rotatable bonds is 5. The summed E-state index contributed by atoms with van der Waals surface area (Å²) < 4.78 is 10.9. The minimum absolute atomic E-state index is 0.00567. The van der Waals surface area contributed by atoms with Crippen LogP contribution in [0.25, 0.3) is 0 Å². The van der Waals surface area contributed by atoms with Gasteiger partial charge in [0.15, 0.2) is 0 Å². The maximum Gasteiger partial charge on any atom is 0.318 e. The van der Waals surface area contributed by atoms with Crippen LogP contribution in [-0.4, -0.2) is 29.6 Å². The maximum atomic E-state index is 12.6. The summed E-state index contributed by atoms with van der Waals surface area (Å²) >= 11 is 1.66. The Hall–Kier alpha value is -1.86. The van der Waals surface area contributed by atoms with E-state index in [1.54, 1.807) is 18.4 Å². The van der Waals surface area contributed by atoms with Crippen LogP contribution in [0.4, 0.5) is 4.79 Å². The Morgan fingerprint density at radius 3 is 3.04 bits per heavy atom. The molecule has 2 aromatic rings. The second-order valence-electron chi connectivity index (χ2n) is 5.98. The zero-order valence-corrected chi connectivity index (χ0v) is 15.1. The van der Waals surface area contributed by atoms with Gasteiger partial charge >= 0.3 is 6.03 Å². The lowest BCUT2D eigenvalue weighted by molar-refractivity contribution is 0.156. The Morgan fingerprint density at radius 1 is 1.50 bits per heavy atom. The lowest BCUT2D eigenvalue weighted by Crippen LogP contribution is -2.39. The van der Waals surface area contributed by atoms with Gasteiger partial charge in [0, 0.05) is 18.5 Å². The third-order valence-corrected chi connectivity index (χ3v) is 5.15. The van der Waals surface area contributed by atoms with Crippen LogP contribution < -0.4 is 5.32 Å². The van der Waals surface area contributed by atoms with Gasteiger partial charge in [0.1, 0.15) is 18.1 Å². The zero-order chi connectivity index (χ0) is 17.1. The number of methoxy groups -OCH3 is 1. The molecule has 2 aromatic heterocycles. The van der Waals surface area contributed by atoms with E-state index in [2.05, 4.69) is 10.3 Å². The third-order valence-electron chi connectivity index (χ3n) is 4.22. The number of aryl methyl sites for hydroxylation is 2. The fraction of sp³-hybridized carbons (Fsp3) is 0.529. The zero-order valence-electron chi connectivity index (χ0n) is 14.3. The number of urea groups is 1. The molecule has 1 fully saturated rings. The second-order valence-corrected chi connectivity index (χ2v) is 7.39. The van der Waals surface area contributed by atoms with Crippen molar-refractivity contribution in [3.63, 3.8) is 0 Å². The van der Waals surface area contributed by atoms with Crippen LogP contribution in [0.3, 0.4) is 0 Å². The van der Waals surface area contributed by atoms with Gasteiger partial charge in [-0.05, 0) is 38.8 Å². The summed E-state index contributed by atoms with van der Waals surface area (Å²) in [6.45, 7) is 5.66. The molecule has 0 radical (unpaired) electrons. The molecule has 7 heteroatoms. The molecule has 1 atom stereocenters. The molecule has 1 unspecified atom stereocenters. The Labute approximate surface area is 145 Å². The number of furan rings is 1. The molecule has 3 heterocycles. The second kappa shape index (κ2) is 7.36. The van der Waals surface area contributed by atoms with Gasteiger partial charge in [-0.2, -0.15) is 0 Å². The van der Waals surface area contributed by atoms with Gasteiger partial charge < -0.3 is 19.4 Å². The van der Waals surface area contributed by atoms with Gasteiger partial charge in [-0.3, -0.25) is 0 Å². The highest BCUT2D eigenvalue weighted by atomic mass is 32.1. The summed E-state index contributed by atoms with van der Waals surface area (Å²) in [4.78, 5) is 20.0. The minimum atomic E-state index is -0.0627. The number of aromatic nitrogens is 1. The Balaban J connectivity index is 1.63. The van der Waals surface area contributed by atoms with E-state index in [4.69, 9.17) is 9.15 Å². The average molecular weight is 349 g/mol. The van der Waals surface area contributed by atoms with Crippen molar-refractivity contribution in [2.24, 2.45) is 0 Å². The predicted molar refractivity (Wildman–Crippen MR) is 91.9 cm³/mol. The van der Waals surface area contributed by atoms with Crippen molar-refractivity contribution in [2.75, 3.05) is 13.7 Å². The first-order chi connectivity index (χ1) is 11.6. The van der Waals surface area contributed by atoms with Crippen molar-refractivity contribution in [2.45, 2.75) is 45.9 Å². The van der Waals surface area contributed by atoms with Gasteiger partial charge in [0.2, 0.25) is 0 Å². The van der Waals surface area contributed by atoms with E-state index in [1.807, 2.05) is 30.9 Å². The molecule has 0 aromatic carbocycles. The molecule has 0 saturated carbocycles. The summed E-state index contributed by atoms with van der Waals surface area (Å²) in [5, 5.41) is 4.02. The van der Waals surface area contributed by atoms with E-state index >= 15 is 0 Å². The van der Waals surface area contributed by atoms with E-state index in [0.717, 1.165) is 46.5 Å². The predicted octanol–water partition coefficient (Wildman–Crippen LogP) is 3.55. The molecule has 1 aliphatic rings. The van der Waals surface area contributed by atoms with E-state index in [-0.39, 0.29) is 12.1 Å². The number of hydrogen-bond acceptors (Lipinski definition) is 5. The van der Waals surface area contributed by atoms with Gasteiger partial charge in [0.05, 0.1) is 23.3 Å². The highest BCUT2D eigenvalue weighted by Gasteiger charge is 2.32. The van der Waals surface area contributed by atoms with Crippen LogP contribution in [0.1, 0.15) is 46.0 Å². The van der Waals surface area contributed by atoms with Crippen molar-refractivity contribution in [3.8, 4) is 0 Å². The van der Waals surface area contributed by atoms with Gasteiger partial charge in [-0.25, -0.2) is 9.78 Å². The monoisotopic (exact) mass is 349 g/mol. The molecule has 6 nitrogen and oxygen atoms in total. The summed E-state index contributed by atoms with van der Waals surface area (Å²) in [5.41, 5.74) is 0.946. The van der Waals surface area contributed by atoms with E-state index < -0.39 is 0 Å². The van der Waals surface area contributed by atoms with Crippen molar-refractivity contribution in [3.05, 3.63) is 39.2 Å². The Kier molecular flexibility index (Phi) is 5.20. The molecule has 24 heavy (non-hydrogen) atoms. The van der Waals surface area contributed by atoms with Crippen molar-refractivity contribution in [1.29, 1.82) is 0 Å². The molecule has 0 aliphatic carbocycles. The number of ether oxygens (including phenoxy) is 1. The quantitative estimate of drug-likeness (QED) is 0.896. The van der Waals surface area contributed by atoms with Crippen LogP contribution in [0.2, 0.25) is 0 Å². The summed E-state index contributed by atoms with van der Waals surface area (Å²) in [6.07, 6.45) is 1.90. The lowest BCUT2D eigenvalue weighted by atomic mass is 10.2. The van der Waals surface area contributed by atoms with E-state index in [1.165, 1.54) is 0 Å². The fourth-order valence-electron chi connectivity index (χ4n) is 3.10. The molecule has 1 aliphatic heterocycles. The molecule has 0 spiro atoms. The smallest absolute Gasteiger partial charge is 0.318 e. The molecule has 1 saturated heterocycles. The highest BCUT2D eigenvalue weighted by molar-refractivity contribution is 7.11. The van der Waals surface area contributed by atoms with Crippen LogP contribution in [0.15, 0.2) is 16.5 Å². The summed E-state index contributed by atoms with van der Waals surface area (Å²) in [6, 6.07) is 3.79. The largest absolute Gasteiger partial charge is 0.461 e. The van der Waals surface area contributed by atoms with Crippen LogP contribution in [-0.2, 0) is 17.9 Å². The van der Waals surface area contributed by atoms with Crippen LogP contribution >= 0.6 is 11.3 Å². The number of nitrogens with zero attached hydrogens (tertiary/aromatic N) is 2. The number of thiazole rings is 1. The maximum absolute atomic E-state index is 12.6. The number of amides is 2. The molecular weight excluding hydrogens is 326 g/mol. The molecule has 1 N–H and O–H groups in total. The molecule has 3 rings (SSSR count). The first-order valence-electron chi connectivity index (χ1n) is 8.13. The topological polar surface area (TPSA) is 67.6 Å². The van der Waals surface area contributed by atoms with Crippen molar-refractivity contribution >= 4 is 17.4 Å². The lowest BCUT2D eigenvalue weighted by Gasteiger charge is -2.23. The normalized spacial score (nSPS) is 17.5. The molecular formula is C17H23N3O3S. The van der Waals surface area contributed by atoms with Crippen molar-refractivity contribution in [1.82, 2.24) is 15.2 Å². The number of carbonyl (C=O) groups is 1. The first kappa shape index (κ1) is 17.0. The standard InChI is InChI=1S/C17H23N3O3S/c1-11-14(19-12(2)24-11)9-18-17(21)20-8-4-5-15(20)16-7-6-13(23-16)10-22-3/h6-7,15H,4-5,8-10H2,1-3H3,(H,18,21). The molecule has 2 amide bonds. The van der Waals surface area contributed by atoms with Crippen molar-refractivity contribution < 1.29 is 13.9 Å². The summed E-state index contributed by atoms with van der Waals surface area (Å²) in [5.74, 6) is 1.61. The third kappa shape index (κ3) is 3.62. The van der Waals surface area contributed by atoms with Crippen LogP contribution in [0.5, 0.6) is 0 Å². The van der Waals surface area contributed by atoms with Gasteiger partial charge in [0.25, 0.3) is 0 Å². The Bertz CT molecular complexity index is 710. The Morgan fingerprint density at radius 2 is 2.33 bits per heavy atom. The van der Waals surface area contributed by atoms with E-state index in [9.17, 15) is 4.79 Å². The molecule has 0 bridgehead atoms. The van der Waals surface area contributed by atoms with Gasteiger partial charge in [-0.1, -0.05) is 0 Å². The number of nitrogens with one attached hydrogen (secondary N) is 1. The van der Waals surface area contributed by atoms with Crippen LogP contribution in [0, 0.1) is 13.8 Å². The minimum Gasteiger partial charge on any atom is -0.461 e. The number of hydrogen-bond donors (Lipinski definition) is 1. The first-order valence-corrected chi connectivity index (χ1v) is 8.95. The number of likely N-dealkylation sites (tertiary alicyclic amines) is 1.